The Hall–Kier alpha value is -1.58. The Kier molecular flexibility index (Phi) is 4.71. The highest BCUT2D eigenvalue weighted by atomic mass is 32.2. The predicted octanol–water partition coefficient (Wildman–Crippen LogP) is 1.26. The van der Waals surface area contributed by atoms with Crippen LogP contribution in [0, 0.1) is 0 Å². The van der Waals surface area contributed by atoms with Crippen LogP contribution < -0.4 is 5.32 Å². The molecule has 0 aromatic carbocycles. The smallest absolute Gasteiger partial charge is 0.350 e. The molecule has 0 saturated heterocycles. The highest BCUT2D eigenvalue weighted by Gasteiger charge is 2.34. The van der Waals surface area contributed by atoms with Gasteiger partial charge in [0.1, 0.15) is 5.75 Å². The summed E-state index contributed by atoms with van der Waals surface area (Å²) in [6, 6.07) is 0.749. The topological polar surface area (TPSA) is 91.9 Å². The van der Waals surface area contributed by atoms with Gasteiger partial charge < -0.3 is 5.32 Å². The van der Waals surface area contributed by atoms with Crippen LogP contribution in [-0.4, -0.2) is 35.0 Å². The summed E-state index contributed by atoms with van der Waals surface area (Å²) in [6.45, 7) is 4.11. The van der Waals surface area contributed by atoms with E-state index in [0.717, 1.165) is 6.07 Å². The molecule has 120 valence electrons. The van der Waals surface area contributed by atoms with E-state index in [-0.39, 0.29) is 12.2 Å². The van der Waals surface area contributed by atoms with Gasteiger partial charge in [-0.05, 0) is 26.8 Å². The van der Waals surface area contributed by atoms with Crippen molar-refractivity contribution in [1.29, 1.82) is 0 Å². The summed E-state index contributed by atoms with van der Waals surface area (Å²) in [5.74, 6) is -1.51. The molecule has 6 nitrogen and oxygen atoms in total. The Bertz CT molecular complexity index is 615. The fourth-order valence-electron chi connectivity index (χ4n) is 1.23. The molecule has 0 aliphatic carbocycles. The Balaban J connectivity index is 2.61. The third-order valence-corrected chi connectivity index (χ3v) is 5.16. The van der Waals surface area contributed by atoms with E-state index in [0.29, 0.717) is 0 Å². The van der Waals surface area contributed by atoms with Gasteiger partial charge in [-0.3, -0.25) is 9.89 Å². The number of aromatic nitrogens is 2. The Morgan fingerprint density at radius 2 is 1.90 bits per heavy atom. The molecule has 0 aliphatic heterocycles. The van der Waals surface area contributed by atoms with Crippen LogP contribution in [0.2, 0.25) is 0 Å². The van der Waals surface area contributed by atoms with Crippen LogP contribution >= 0.6 is 0 Å². The minimum Gasteiger partial charge on any atom is -0.350 e. The number of hydrogen-bond acceptors (Lipinski definition) is 4. The van der Waals surface area contributed by atoms with Crippen molar-refractivity contribution < 1.29 is 26.4 Å². The molecule has 1 aromatic rings. The summed E-state index contributed by atoms with van der Waals surface area (Å²) in [6.07, 6.45) is -4.58. The molecule has 0 spiro atoms. The van der Waals surface area contributed by atoms with E-state index in [1.54, 1.807) is 0 Å². The SMILES string of the molecule is CC(C)(C)S(=O)(=O)CC(=O)NCc1cc(C(F)(F)F)n[nH]1. The molecule has 1 heterocycles. The first-order valence-electron chi connectivity index (χ1n) is 5.93. The van der Waals surface area contributed by atoms with Crippen LogP contribution in [0.3, 0.4) is 0 Å². The number of H-pyrrole nitrogens is 1. The zero-order chi connectivity index (χ0) is 16.5. The molecule has 2 N–H and O–H groups in total. The first kappa shape index (κ1) is 17.5. The van der Waals surface area contributed by atoms with Crippen LogP contribution in [0.1, 0.15) is 32.2 Å². The second-order valence-corrected chi connectivity index (χ2v) is 8.17. The molecule has 0 radical (unpaired) electrons. The maximum Gasteiger partial charge on any atom is 0.435 e. The minimum absolute atomic E-state index is 0.0313. The first-order chi connectivity index (χ1) is 9.33. The normalized spacial score (nSPS) is 13.2. The van der Waals surface area contributed by atoms with Crippen LogP contribution in [0.25, 0.3) is 0 Å². The lowest BCUT2D eigenvalue weighted by Crippen LogP contribution is -2.38. The number of carbonyl (C=O) groups excluding carboxylic acids is 1. The third-order valence-electron chi connectivity index (χ3n) is 2.65. The minimum atomic E-state index is -4.58. The molecule has 0 atom stereocenters. The number of carbonyl (C=O) groups is 1. The number of nitrogens with one attached hydrogen (secondary N) is 2. The van der Waals surface area contributed by atoms with E-state index >= 15 is 0 Å². The Morgan fingerprint density at radius 3 is 2.33 bits per heavy atom. The molecular formula is C11H16F3N3O3S. The molecule has 1 rings (SSSR count). The van der Waals surface area contributed by atoms with Crippen LogP contribution in [0.4, 0.5) is 13.2 Å². The van der Waals surface area contributed by atoms with E-state index in [2.05, 4.69) is 15.5 Å². The predicted molar refractivity (Wildman–Crippen MR) is 69.0 cm³/mol. The largest absolute Gasteiger partial charge is 0.435 e. The fourth-order valence-corrected chi connectivity index (χ4v) is 2.11. The molecule has 0 fully saturated rings. The van der Waals surface area contributed by atoms with Crippen molar-refractivity contribution in [3.8, 4) is 0 Å². The molecule has 0 aliphatic rings. The summed E-state index contributed by atoms with van der Waals surface area (Å²) >= 11 is 0. The van der Waals surface area contributed by atoms with Crippen LogP contribution in [-0.2, 0) is 27.4 Å². The maximum atomic E-state index is 12.3. The number of nitrogens with zero attached hydrogens (tertiary/aromatic N) is 1. The van der Waals surface area contributed by atoms with E-state index in [9.17, 15) is 26.4 Å². The number of hydrogen-bond donors (Lipinski definition) is 2. The van der Waals surface area contributed by atoms with E-state index < -0.39 is 38.1 Å². The van der Waals surface area contributed by atoms with Crippen LogP contribution in [0.15, 0.2) is 6.07 Å². The van der Waals surface area contributed by atoms with Gasteiger partial charge in [0.2, 0.25) is 5.91 Å². The Labute approximate surface area is 120 Å². The molecule has 10 heteroatoms. The van der Waals surface area contributed by atoms with Gasteiger partial charge in [-0.25, -0.2) is 8.42 Å². The van der Waals surface area contributed by atoms with Crippen molar-refractivity contribution >= 4 is 15.7 Å². The van der Waals surface area contributed by atoms with Gasteiger partial charge in [0, 0.05) is 0 Å². The summed E-state index contributed by atoms with van der Waals surface area (Å²) in [5, 5.41) is 7.42. The summed E-state index contributed by atoms with van der Waals surface area (Å²) in [5.41, 5.74) is -1.07. The maximum absolute atomic E-state index is 12.3. The van der Waals surface area contributed by atoms with Gasteiger partial charge in [-0.1, -0.05) is 0 Å². The summed E-state index contributed by atoms with van der Waals surface area (Å²) in [7, 11) is -3.64. The molecule has 1 aromatic heterocycles. The third kappa shape index (κ3) is 4.73. The number of aromatic amines is 1. The van der Waals surface area contributed by atoms with Crippen molar-refractivity contribution in [3.63, 3.8) is 0 Å². The van der Waals surface area contributed by atoms with Gasteiger partial charge in [-0.15, -0.1) is 0 Å². The lowest BCUT2D eigenvalue weighted by Gasteiger charge is -2.18. The van der Waals surface area contributed by atoms with Crippen molar-refractivity contribution in [2.75, 3.05) is 5.75 Å². The summed E-state index contributed by atoms with van der Waals surface area (Å²) < 4.78 is 59.4. The van der Waals surface area contributed by atoms with Gasteiger partial charge in [-0.2, -0.15) is 18.3 Å². The van der Waals surface area contributed by atoms with Crippen molar-refractivity contribution in [1.82, 2.24) is 15.5 Å². The molecule has 1 amide bonds. The monoisotopic (exact) mass is 327 g/mol. The van der Waals surface area contributed by atoms with Gasteiger partial charge in [0.15, 0.2) is 15.5 Å². The number of sulfone groups is 1. The highest BCUT2D eigenvalue weighted by Crippen LogP contribution is 2.27. The van der Waals surface area contributed by atoms with Crippen molar-refractivity contribution in [2.45, 2.75) is 38.2 Å². The first-order valence-corrected chi connectivity index (χ1v) is 7.58. The second-order valence-electron chi connectivity index (χ2n) is 5.42. The van der Waals surface area contributed by atoms with Crippen LogP contribution in [0.5, 0.6) is 0 Å². The quantitative estimate of drug-likeness (QED) is 0.871. The van der Waals surface area contributed by atoms with E-state index in [1.807, 2.05) is 0 Å². The highest BCUT2D eigenvalue weighted by molar-refractivity contribution is 7.93. The lowest BCUT2D eigenvalue weighted by atomic mass is 10.3. The number of amides is 1. The zero-order valence-corrected chi connectivity index (χ0v) is 12.5. The molecule has 21 heavy (non-hydrogen) atoms. The molecule has 0 saturated carbocycles. The van der Waals surface area contributed by atoms with Gasteiger partial charge in [0.25, 0.3) is 0 Å². The molecule has 0 unspecified atom stereocenters. The van der Waals surface area contributed by atoms with Crippen molar-refractivity contribution in [2.24, 2.45) is 0 Å². The summed E-state index contributed by atoms with van der Waals surface area (Å²) in [4.78, 5) is 11.5. The average molecular weight is 327 g/mol. The Morgan fingerprint density at radius 1 is 1.33 bits per heavy atom. The number of halogens is 3. The second kappa shape index (κ2) is 5.66. The number of rotatable bonds is 4. The number of alkyl halides is 3. The lowest BCUT2D eigenvalue weighted by molar-refractivity contribution is -0.141. The molecule has 0 bridgehead atoms. The standard InChI is InChI=1S/C11H16F3N3O3S/c1-10(2,3)21(19,20)6-9(18)15-5-7-4-8(17-16-7)11(12,13)14/h4H,5-6H2,1-3H3,(H,15,18)(H,16,17). The van der Waals surface area contributed by atoms with E-state index in [4.69, 9.17) is 0 Å². The average Bonchev–Trinajstić information content (AvgIpc) is 2.72. The van der Waals surface area contributed by atoms with Gasteiger partial charge >= 0.3 is 6.18 Å². The van der Waals surface area contributed by atoms with E-state index in [1.165, 1.54) is 20.8 Å². The zero-order valence-electron chi connectivity index (χ0n) is 11.7. The fraction of sp³-hybridized carbons (Fsp3) is 0.636. The molecular weight excluding hydrogens is 311 g/mol. The van der Waals surface area contributed by atoms with Gasteiger partial charge in [0.05, 0.1) is 17.0 Å². The van der Waals surface area contributed by atoms with Crippen molar-refractivity contribution in [3.05, 3.63) is 17.5 Å².